The number of hydrogen-bond donors (Lipinski definition) is 0. The van der Waals surface area contributed by atoms with E-state index in [9.17, 15) is 0 Å². The molecule has 0 atom stereocenters. The second kappa shape index (κ2) is 7.92. The molecule has 0 spiro atoms. The summed E-state index contributed by atoms with van der Waals surface area (Å²) in [5.74, 6) is 0. The fourth-order valence-corrected chi connectivity index (χ4v) is 3.99. The van der Waals surface area contributed by atoms with Gasteiger partial charge in [-0.1, -0.05) is 52.5 Å². The van der Waals surface area contributed by atoms with Gasteiger partial charge in [0, 0.05) is 25.2 Å². The molecule has 1 fully saturated rings. The number of benzene rings is 2. The molecule has 3 aromatic rings. The van der Waals surface area contributed by atoms with Crippen molar-refractivity contribution in [1.29, 1.82) is 0 Å². The Morgan fingerprint density at radius 3 is 2.17 bits per heavy atom. The number of anilines is 1. The van der Waals surface area contributed by atoms with Crippen LogP contribution < -0.4 is 25.8 Å². The summed E-state index contributed by atoms with van der Waals surface area (Å²) >= 11 is 1.80. The molecule has 0 saturated carbocycles. The number of hydrogen-bond acceptors (Lipinski definition) is 3. The van der Waals surface area contributed by atoms with Gasteiger partial charge in [0.25, 0.3) is 0 Å². The number of aromatic nitrogens is 1. The molecule has 1 aliphatic heterocycles. The molecule has 0 bridgehead atoms. The van der Waals surface area contributed by atoms with E-state index in [4.69, 9.17) is 4.74 Å². The molecule has 0 aliphatic carbocycles. The van der Waals surface area contributed by atoms with Gasteiger partial charge in [-0.2, -0.15) is 0 Å². The molecule has 1 aliphatic rings. The highest BCUT2D eigenvalue weighted by Crippen LogP contribution is 2.34. The van der Waals surface area contributed by atoms with Gasteiger partial charge in [0.2, 0.25) is 11.9 Å². The van der Waals surface area contributed by atoms with Crippen LogP contribution in [0.4, 0.5) is 5.00 Å². The minimum atomic E-state index is 0. The topological polar surface area (TPSA) is 16.4 Å². The molecule has 4 rings (SSSR count). The van der Waals surface area contributed by atoms with Gasteiger partial charge in [-0.25, -0.2) is 0 Å². The molecular weight excluding hydrogens is 384 g/mol. The van der Waals surface area contributed by atoms with Crippen molar-refractivity contribution in [2.24, 2.45) is 0 Å². The van der Waals surface area contributed by atoms with Gasteiger partial charge < -0.3 is 26.6 Å². The van der Waals surface area contributed by atoms with Crippen LogP contribution in [0.3, 0.4) is 0 Å². The SMILES string of the molecule is [Br-].c1ccc(-c2c[n+](-c3ccccc3)sc2N2CCOCC2)cc1. The Labute approximate surface area is 157 Å². The average Bonchev–Trinajstić information content (AvgIpc) is 3.09. The standard InChI is InChI=1S/C19H19N2OS.BrH/c1-3-7-16(8-4-1)18-15-21(17-9-5-2-6-10-17)23-19(18)20-11-13-22-14-12-20;/h1-10,15H,11-14H2;1H/q+1;/p-1. The summed E-state index contributed by atoms with van der Waals surface area (Å²) in [4.78, 5) is 2.44. The second-order valence-electron chi connectivity index (χ2n) is 5.57. The maximum absolute atomic E-state index is 5.51. The van der Waals surface area contributed by atoms with Crippen molar-refractivity contribution in [3.8, 4) is 16.8 Å². The van der Waals surface area contributed by atoms with Crippen molar-refractivity contribution in [2.75, 3.05) is 31.2 Å². The number of halogens is 1. The first-order valence-corrected chi connectivity index (χ1v) is 8.69. The van der Waals surface area contributed by atoms with Crippen molar-refractivity contribution in [3.05, 3.63) is 66.9 Å². The van der Waals surface area contributed by atoms with E-state index in [0.29, 0.717) is 0 Å². The van der Waals surface area contributed by atoms with Crippen LogP contribution >= 0.6 is 11.5 Å². The highest BCUT2D eigenvalue weighted by molar-refractivity contribution is 7.07. The van der Waals surface area contributed by atoms with Gasteiger partial charge in [0.1, 0.15) is 0 Å². The number of morpholine rings is 1. The first-order chi connectivity index (χ1) is 11.4. The van der Waals surface area contributed by atoms with Crippen LogP contribution in [0, 0.1) is 0 Å². The number of ether oxygens (including phenoxy) is 1. The third kappa shape index (κ3) is 3.53. The normalized spacial score (nSPS) is 14.2. The van der Waals surface area contributed by atoms with Crippen LogP contribution in [-0.4, -0.2) is 26.3 Å². The summed E-state index contributed by atoms with van der Waals surface area (Å²) in [7, 11) is 0. The Bertz CT molecular complexity index is 771. The van der Waals surface area contributed by atoms with Crippen LogP contribution in [0.5, 0.6) is 0 Å². The third-order valence-electron chi connectivity index (χ3n) is 4.06. The minimum absolute atomic E-state index is 0. The molecule has 3 nitrogen and oxygen atoms in total. The Kier molecular flexibility index (Phi) is 5.66. The predicted molar refractivity (Wildman–Crippen MR) is 94.3 cm³/mol. The average molecular weight is 403 g/mol. The number of rotatable bonds is 3. The Morgan fingerprint density at radius 2 is 1.50 bits per heavy atom. The first-order valence-electron chi connectivity index (χ1n) is 7.91. The third-order valence-corrected chi connectivity index (χ3v) is 5.22. The molecule has 124 valence electrons. The van der Waals surface area contributed by atoms with Crippen LogP contribution in [0.15, 0.2) is 66.9 Å². The zero-order valence-corrected chi connectivity index (χ0v) is 15.7. The summed E-state index contributed by atoms with van der Waals surface area (Å²) in [6, 6.07) is 21.1. The van der Waals surface area contributed by atoms with Crippen molar-refractivity contribution < 1.29 is 25.7 Å². The highest BCUT2D eigenvalue weighted by atomic mass is 79.9. The molecule has 0 N–H and O–H groups in total. The van der Waals surface area contributed by atoms with E-state index in [1.165, 1.54) is 21.8 Å². The highest BCUT2D eigenvalue weighted by Gasteiger charge is 2.25. The molecule has 1 saturated heterocycles. The molecule has 0 unspecified atom stereocenters. The molecule has 5 heteroatoms. The van der Waals surface area contributed by atoms with E-state index < -0.39 is 0 Å². The zero-order chi connectivity index (χ0) is 15.5. The van der Waals surface area contributed by atoms with E-state index in [2.05, 4.69) is 75.7 Å². The molecule has 0 amide bonds. The Morgan fingerprint density at radius 1 is 0.875 bits per heavy atom. The maximum atomic E-state index is 5.51. The lowest BCUT2D eigenvalue weighted by atomic mass is 10.1. The van der Waals surface area contributed by atoms with Gasteiger partial charge in [-0.3, -0.25) is 0 Å². The van der Waals surface area contributed by atoms with Crippen molar-refractivity contribution >= 4 is 16.5 Å². The Balaban J connectivity index is 0.00000169. The van der Waals surface area contributed by atoms with E-state index in [1.807, 2.05) is 0 Å². The summed E-state index contributed by atoms with van der Waals surface area (Å²) < 4.78 is 7.77. The van der Waals surface area contributed by atoms with E-state index in [1.54, 1.807) is 11.5 Å². The monoisotopic (exact) mass is 402 g/mol. The minimum Gasteiger partial charge on any atom is -1.00 e. The zero-order valence-electron chi connectivity index (χ0n) is 13.3. The summed E-state index contributed by atoms with van der Waals surface area (Å²) in [5.41, 5.74) is 3.76. The summed E-state index contributed by atoms with van der Waals surface area (Å²) in [6.07, 6.45) is 2.25. The van der Waals surface area contributed by atoms with Crippen LogP contribution in [0.25, 0.3) is 16.8 Å². The molecule has 1 aromatic heterocycles. The quantitative estimate of drug-likeness (QED) is 0.594. The first kappa shape index (κ1) is 17.1. The summed E-state index contributed by atoms with van der Waals surface area (Å²) in [5, 5.41) is 1.32. The smallest absolute Gasteiger partial charge is 0.224 e. The maximum Gasteiger partial charge on any atom is 0.224 e. The van der Waals surface area contributed by atoms with E-state index in [-0.39, 0.29) is 17.0 Å². The second-order valence-corrected chi connectivity index (χ2v) is 6.53. The van der Waals surface area contributed by atoms with E-state index in [0.717, 1.165) is 26.3 Å². The number of para-hydroxylation sites is 1. The van der Waals surface area contributed by atoms with Crippen LogP contribution in [-0.2, 0) is 4.74 Å². The largest absolute Gasteiger partial charge is 1.00 e. The molecule has 0 radical (unpaired) electrons. The molecule has 24 heavy (non-hydrogen) atoms. The number of nitrogens with zero attached hydrogens (tertiary/aromatic N) is 2. The molecule has 2 heterocycles. The van der Waals surface area contributed by atoms with Crippen molar-refractivity contribution in [3.63, 3.8) is 0 Å². The van der Waals surface area contributed by atoms with Gasteiger partial charge in [-0.05, 0) is 5.56 Å². The fraction of sp³-hybridized carbons (Fsp3) is 0.211. The molecule has 2 aromatic carbocycles. The lowest BCUT2D eigenvalue weighted by Gasteiger charge is -2.26. The lowest BCUT2D eigenvalue weighted by Crippen LogP contribution is -3.00. The Hall–Kier alpha value is -1.69. The predicted octanol–water partition coefficient (Wildman–Crippen LogP) is 0.532. The fourth-order valence-electron chi connectivity index (χ4n) is 2.85. The lowest BCUT2D eigenvalue weighted by molar-refractivity contribution is -0.519. The van der Waals surface area contributed by atoms with Gasteiger partial charge in [-0.15, -0.1) is 0 Å². The van der Waals surface area contributed by atoms with Gasteiger partial charge in [0.15, 0.2) is 16.5 Å². The molecular formula is C19H19BrN2OS. The summed E-state index contributed by atoms with van der Waals surface area (Å²) in [6.45, 7) is 3.51. The van der Waals surface area contributed by atoms with Crippen molar-refractivity contribution in [2.45, 2.75) is 0 Å². The van der Waals surface area contributed by atoms with Crippen LogP contribution in [0.2, 0.25) is 0 Å². The van der Waals surface area contributed by atoms with Crippen molar-refractivity contribution in [1.82, 2.24) is 0 Å². The van der Waals surface area contributed by atoms with Gasteiger partial charge >= 0.3 is 0 Å². The van der Waals surface area contributed by atoms with E-state index >= 15 is 0 Å². The van der Waals surface area contributed by atoms with Crippen LogP contribution in [0.1, 0.15) is 0 Å². The van der Waals surface area contributed by atoms with Gasteiger partial charge in [0.05, 0.1) is 18.8 Å².